The van der Waals surface area contributed by atoms with E-state index < -0.39 is 0 Å². The van der Waals surface area contributed by atoms with Gasteiger partial charge in [-0.2, -0.15) is 0 Å². The van der Waals surface area contributed by atoms with E-state index in [1.54, 1.807) is 6.92 Å². The zero-order chi connectivity index (χ0) is 13.0. The van der Waals surface area contributed by atoms with E-state index in [2.05, 4.69) is 22.4 Å². The predicted molar refractivity (Wildman–Crippen MR) is 73.6 cm³/mol. The molecule has 94 valence electrons. The Kier molecular flexibility index (Phi) is 4.05. The predicted octanol–water partition coefficient (Wildman–Crippen LogP) is 2.34. The van der Waals surface area contributed by atoms with Crippen molar-refractivity contribution in [1.29, 1.82) is 0 Å². The average molecular weight is 242 g/mol. The Morgan fingerprint density at radius 1 is 1.28 bits per heavy atom. The minimum Gasteiger partial charge on any atom is -0.316 e. The number of carbonyl (C=O) groups is 1. The highest BCUT2D eigenvalue weighted by molar-refractivity contribution is 5.78. The molecular formula is C15H18N2O. The second-order valence-electron chi connectivity index (χ2n) is 4.59. The second kappa shape index (κ2) is 5.74. The quantitative estimate of drug-likeness (QED) is 0.875. The minimum absolute atomic E-state index is 0.163. The summed E-state index contributed by atoms with van der Waals surface area (Å²) in [5.41, 5.74) is 2.03. The van der Waals surface area contributed by atoms with Gasteiger partial charge in [-0.15, -0.1) is 0 Å². The molecule has 2 rings (SSSR count). The Hall–Kier alpha value is -1.74. The number of fused-ring (bicyclic) bond motifs is 1. The summed E-state index contributed by atoms with van der Waals surface area (Å²) in [7, 11) is 1.88. The van der Waals surface area contributed by atoms with Crippen molar-refractivity contribution >= 4 is 16.7 Å². The molecule has 0 aliphatic rings. The normalized spacial score (nSPS) is 12.6. The van der Waals surface area contributed by atoms with Crippen molar-refractivity contribution in [1.82, 2.24) is 10.3 Å². The van der Waals surface area contributed by atoms with Crippen LogP contribution in [0, 0.1) is 0 Å². The van der Waals surface area contributed by atoms with Crippen LogP contribution in [0.5, 0.6) is 0 Å². The van der Waals surface area contributed by atoms with Gasteiger partial charge >= 0.3 is 0 Å². The lowest BCUT2D eigenvalue weighted by atomic mass is 10.0. The van der Waals surface area contributed by atoms with Gasteiger partial charge in [0.1, 0.15) is 5.78 Å². The molecule has 0 fully saturated rings. The first-order valence-electron chi connectivity index (χ1n) is 6.20. The third-order valence-corrected chi connectivity index (χ3v) is 3.05. The number of nitrogens with zero attached hydrogens (tertiary/aromatic N) is 1. The van der Waals surface area contributed by atoms with E-state index in [-0.39, 0.29) is 11.8 Å². The van der Waals surface area contributed by atoms with E-state index in [0.29, 0.717) is 6.42 Å². The third-order valence-electron chi connectivity index (χ3n) is 3.05. The van der Waals surface area contributed by atoms with Gasteiger partial charge in [-0.3, -0.25) is 9.78 Å². The molecule has 0 aliphatic heterocycles. The summed E-state index contributed by atoms with van der Waals surface area (Å²) in [6.07, 6.45) is 1.33. The molecule has 0 amide bonds. The summed E-state index contributed by atoms with van der Waals surface area (Å²) in [5.74, 6) is 0.204. The number of hydrogen-bond acceptors (Lipinski definition) is 3. The van der Waals surface area contributed by atoms with Crippen molar-refractivity contribution in [2.75, 3.05) is 7.05 Å². The zero-order valence-electron chi connectivity index (χ0n) is 10.8. The number of hydrogen-bond donors (Lipinski definition) is 1. The highest BCUT2D eigenvalue weighted by atomic mass is 16.1. The largest absolute Gasteiger partial charge is 0.316 e. The number of ketones is 1. The van der Waals surface area contributed by atoms with Crippen LogP contribution in [-0.2, 0) is 11.2 Å². The first-order valence-corrected chi connectivity index (χ1v) is 6.20. The van der Waals surface area contributed by atoms with Crippen LogP contribution in [0.1, 0.15) is 19.0 Å². The van der Waals surface area contributed by atoms with Crippen molar-refractivity contribution in [3.63, 3.8) is 0 Å². The number of aromatic nitrogens is 1. The summed E-state index contributed by atoms with van der Waals surface area (Å²) in [6.45, 7) is 1.62. The maximum absolute atomic E-state index is 11.2. The zero-order valence-corrected chi connectivity index (χ0v) is 10.8. The average Bonchev–Trinajstić information content (AvgIpc) is 2.37. The standard InChI is InChI=1S/C15H18N2O/c1-11(18)9-14(16-2)10-13-8-7-12-5-3-4-6-15(12)17-13/h3-8,14,16H,9-10H2,1-2H3. The molecule has 1 aromatic heterocycles. The number of rotatable bonds is 5. The van der Waals surface area contributed by atoms with Crippen molar-refractivity contribution in [2.45, 2.75) is 25.8 Å². The minimum atomic E-state index is 0.163. The van der Waals surface area contributed by atoms with E-state index >= 15 is 0 Å². The van der Waals surface area contributed by atoms with Gasteiger partial charge in [0.2, 0.25) is 0 Å². The van der Waals surface area contributed by atoms with Gasteiger partial charge in [0.15, 0.2) is 0 Å². The first kappa shape index (κ1) is 12.7. The van der Waals surface area contributed by atoms with Gasteiger partial charge < -0.3 is 5.32 Å². The fourth-order valence-electron chi connectivity index (χ4n) is 2.10. The molecule has 1 atom stereocenters. The first-order chi connectivity index (χ1) is 8.69. The molecule has 18 heavy (non-hydrogen) atoms. The van der Waals surface area contributed by atoms with Crippen LogP contribution >= 0.6 is 0 Å². The number of benzene rings is 1. The highest BCUT2D eigenvalue weighted by Gasteiger charge is 2.10. The molecule has 0 radical (unpaired) electrons. The monoisotopic (exact) mass is 242 g/mol. The Morgan fingerprint density at radius 3 is 2.78 bits per heavy atom. The van der Waals surface area contributed by atoms with Gasteiger partial charge in [0.25, 0.3) is 0 Å². The van der Waals surface area contributed by atoms with Crippen molar-refractivity contribution in [2.24, 2.45) is 0 Å². The number of carbonyl (C=O) groups excluding carboxylic acids is 1. The van der Waals surface area contributed by atoms with E-state index in [1.807, 2.05) is 31.3 Å². The molecule has 2 aromatic rings. The van der Waals surface area contributed by atoms with Crippen LogP contribution in [0.2, 0.25) is 0 Å². The van der Waals surface area contributed by atoms with Gasteiger partial charge in [0.05, 0.1) is 5.52 Å². The van der Waals surface area contributed by atoms with E-state index in [9.17, 15) is 4.79 Å². The van der Waals surface area contributed by atoms with Crippen LogP contribution in [0.15, 0.2) is 36.4 Å². The number of Topliss-reactive ketones (excluding diaryl/α,β-unsaturated/α-hetero) is 1. The van der Waals surface area contributed by atoms with E-state index in [0.717, 1.165) is 23.0 Å². The topological polar surface area (TPSA) is 42.0 Å². The lowest BCUT2D eigenvalue weighted by Crippen LogP contribution is -2.29. The number of pyridine rings is 1. The fraction of sp³-hybridized carbons (Fsp3) is 0.333. The van der Waals surface area contributed by atoms with Crippen LogP contribution in [0.4, 0.5) is 0 Å². The van der Waals surface area contributed by atoms with Crippen LogP contribution in [-0.4, -0.2) is 23.9 Å². The molecule has 0 spiro atoms. The van der Waals surface area contributed by atoms with Gasteiger partial charge in [-0.1, -0.05) is 24.3 Å². The van der Waals surface area contributed by atoms with E-state index in [1.165, 1.54) is 0 Å². The molecular weight excluding hydrogens is 224 g/mol. The second-order valence-corrected chi connectivity index (χ2v) is 4.59. The molecule has 0 saturated heterocycles. The Balaban J connectivity index is 2.17. The summed E-state index contributed by atoms with van der Waals surface area (Å²) in [6, 6.07) is 12.3. The number of nitrogens with one attached hydrogen (secondary N) is 1. The molecule has 3 nitrogen and oxygen atoms in total. The van der Waals surface area contributed by atoms with Crippen LogP contribution < -0.4 is 5.32 Å². The van der Waals surface area contributed by atoms with Gasteiger partial charge in [-0.25, -0.2) is 0 Å². The Morgan fingerprint density at radius 2 is 2.06 bits per heavy atom. The summed E-state index contributed by atoms with van der Waals surface area (Å²) >= 11 is 0. The third kappa shape index (κ3) is 3.14. The molecule has 1 N–H and O–H groups in total. The van der Waals surface area contributed by atoms with E-state index in [4.69, 9.17) is 0 Å². The molecule has 1 unspecified atom stereocenters. The SMILES string of the molecule is CNC(CC(C)=O)Cc1ccc2ccccc2n1. The van der Waals surface area contributed by atoms with Gasteiger partial charge in [-0.05, 0) is 26.1 Å². The Bertz CT molecular complexity index is 551. The molecule has 0 saturated carbocycles. The van der Waals surface area contributed by atoms with Crippen molar-refractivity contribution in [3.05, 3.63) is 42.1 Å². The smallest absolute Gasteiger partial charge is 0.131 e. The molecule has 3 heteroatoms. The molecule has 0 aliphatic carbocycles. The summed E-state index contributed by atoms with van der Waals surface area (Å²) in [4.78, 5) is 15.8. The number of para-hydroxylation sites is 1. The fourth-order valence-corrected chi connectivity index (χ4v) is 2.10. The van der Waals surface area contributed by atoms with Gasteiger partial charge in [0, 0.05) is 30.0 Å². The molecule has 1 heterocycles. The summed E-state index contributed by atoms with van der Waals surface area (Å²) in [5, 5.41) is 4.32. The van der Waals surface area contributed by atoms with Crippen molar-refractivity contribution in [3.8, 4) is 0 Å². The summed E-state index contributed by atoms with van der Waals surface area (Å²) < 4.78 is 0. The molecule has 1 aromatic carbocycles. The maximum Gasteiger partial charge on any atom is 0.131 e. The van der Waals surface area contributed by atoms with Crippen LogP contribution in [0.25, 0.3) is 10.9 Å². The lowest BCUT2D eigenvalue weighted by Gasteiger charge is -2.14. The Labute approximate surface area is 107 Å². The number of likely N-dealkylation sites (N-methyl/N-ethyl adjacent to an activating group) is 1. The van der Waals surface area contributed by atoms with Crippen molar-refractivity contribution < 1.29 is 4.79 Å². The highest BCUT2D eigenvalue weighted by Crippen LogP contribution is 2.13. The molecule has 0 bridgehead atoms. The van der Waals surface area contributed by atoms with Crippen LogP contribution in [0.3, 0.4) is 0 Å². The lowest BCUT2D eigenvalue weighted by molar-refractivity contribution is -0.117. The maximum atomic E-state index is 11.2.